The van der Waals surface area contributed by atoms with Crippen LogP contribution in [0.4, 0.5) is 10.8 Å². The number of nitriles is 1. The zero-order chi connectivity index (χ0) is 17.6. The minimum Gasteiger partial charge on any atom is -0.377 e. The molecule has 3 aromatic rings. The van der Waals surface area contributed by atoms with Crippen LogP contribution in [0.3, 0.4) is 0 Å². The lowest BCUT2D eigenvalue weighted by Gasteiger charge is -2.14. The van der Waals surface area contributed by atoms with Gasteiger partial charge in [0.2, 0.25) is 5.13 Å². The highest BCUT2D eigenvalue weighted by Gasteiger charge is 2.05. The summed E-state index contributed by atoms with van der Waals surface area (Å²) in [6.45, 7) is 0. The molecule has 0 aliphatic heterocycles. The van der Waals surface area contributed by atoms with Crippen molar-refractivity contribution in [1.29, 1.82) is 5.26 Å². The highest BCUT2D eigenvalue weighted by molar-refractivity contribution is 7.14. The molecule has 1 heterocycles. The van der Waals surface area contributed by atoms with E-state index in [1.54, 1.807) is 6.21 Å². The summed E-state index contributed by atoms with van der Waals surface area (Å²) in [6.07, 6.45) is 1.68. The molecule has 124 valence electrons. The van der Waals surface area contributed by atoms with Crippen molar-refractivity contribution in [3.05, 3.63) is 65.0 Å². The number of hydrogen-bond acceptors (Lipinski definition) is 6. The van der Waals surface area contributed by atoms with Crippen molar-refractivity contribution in [1.82, 2.24) is 4.98 Å². The van der Waals surface area contributed by atoms with E-state index in [9.17, 15) is 5.26 Å². The van der Waals surface area contributed by atoms with Gasteiger partial charge in [-0.25, -0.2) is 4.98 Å². The first-order valence-corrected chi connectivity index (χ1v) is 8.57. The van der Waals surface area contributed by atoms with Gasteiger partial charge in [-0.1, -0.05) is 36.4 Å². The van der Waals surface area contributed by atoms with Crippen molar-refractivity contribution in [3.63, 3.8) is 0 Å². The summed E-state index contributed by atoms with van der Waals surface area (Å²) in [5.41, 5.74) is 7.31. The molecule has 0 amide bonds. The Morgan fingerprint density at radius 3 is 2.72 bits per heavy atom. The Morgan fingerprint density at radius 1 is 1.20 bits per heavy atom. The molecule has 0 aliphatic carbocycles. The molecule has 0 unspecified atom stereocenters. The SMILES string of the molecule is CN(C)c1ccc(C=NNc2nc(-c3ccccc3)cs2)cc1C#N. The number of hydrazone groups is 1. The van der Waals surface area contributed by atoms with Crippen LogP contribution in [-0.2, 0) is 0 Å². The molecule has 25 heavy (non-hydrogen) atoms. The molecule has 6 heteroatoms. The maximum atomic E-state index is 9.26. The zero-order valence-corrected chi connectivity index (χ0v) is 14.8. The van der Waals surface area contributed by atoms with E-state index in [0.29, 0.717) is 5.56 Å². The molecule has 0 saturated carbocycles. The molecule has 2 aromatic carbocycles. The Morgan fingerprint density at radius 2 is 2.00 bits per heavy atom. The number of aromatic nitrogens is 1. The quantitative estimate of drug-likeness (QED) is 0.555. The summed E-state index contributed by atoms with van der Waals surface area (Å²) in [4.78, 5) is 6.43. The lowest BCUT2D eigenvalue weighted by atomic mass is 10.1. The van der Waals surface area contributed by atoms with Crippen molar-refractivity contribution in [3.8, 4) is 17.3 Å². The van der Waals surface area contributed by atoms with Gasteiger partial charge in [0.15, 0.2) is 0 Å². The Bertz CT molecular complexity index is 922. The lowest BCUT2D eigenvalue weighted by Crippen LogP contribution is -2.10. The highest BCUT2D eigenvalue weighted by atomic mass is 32.1. The molecule has 0 saturated heterocycles. The molecule has 5 nitrogen and oxygen atoms in total. The van der Waals surface area contributed by atoms with Gasteiger partial charge in [0.1, 0.15) is 6.07 Å². The number of rotatable bonds is 5. The predicted octanol–water partition coefficient (Wildman–Crippen LogP) is 4.19. The van der Waals surface area contributed by atoms with Crippen LogP contribution < -0.4 is 10.3 Å². The maximum Gasteiger partial charge on any atom is 0.203 e. The summed E-state index contributed by atoms with van der Waals surface area (Å²) < 4.78 is 0. The zero-order valence-electron chi connectivity index (χ0n) is 14.0. The Balaban J connectivity index is 1.70. The first-order valence-electron chi connectivity index (χ1n) is 7.69. The summed E-state index contributed by atoms with van der Waals surface area (Å²) in [5, 5.41) is 16.2. The van der Waals surface area contributed by atoms with Gasteiger partial charge in [-0.15, -0.1) is 11.3 Å². The van der Waals surface area contributed by atoms with Crippen LogP contribution >= 0.6 is 11.3 Å². The molecule has 1 aromatic heterocycles. The second kappa shape index (κ2) is 7.60. The molecular weight excluding hydrogens is 330 g/mol. The molecule has 0 fully saturated rings. The molecule has 3 rings (SSSR count). The minimum absolute atomic E-state index is 0.620. The molecule has 0 bridgehead atoms. The fourth-order valence-corrected chi connectivity index (χ4v) is 3.01. The van der Waals surface area contributed by atoms with Gasteiger partial charge < -0.3 is 4.90 Å². The van der Waals surface area contributed by atoms with Gasteiger partial charge >= 0.3 is 0 Å². The van der Waals surface area contributed by atoms with Crippen molar-refractivity contribution >= 4 is 28.4 Å². The van der Waals surface area contributed by atoms with Gasteiger partial charge in [0.05, 0.1) is 23.2 Å². The number of benzene rings is 2. The molecule has 0 aliphatic rings. The van der Waals surface area contributed by atoms with Crippen LogP contribution in [0.5, 0.6) is 0 Å². The molecule has 0 atom stereocenters. The van der Waals surface area contributed by atoms with E-state index in [1.807, 2.05) is 72.9 Å². The third kappa shape index (κ3) is 4.03. The second-order valence-corrected chi connectivity index (χ2v) is 6.41. The van der Waals surface area contributed by atoms with E-state index >= 15 is 0 Å². The van der Waals surface area contributed by atoms with Crippen LogP contribution in [0, 0.1) is 11.3 Å². The van der Waals surface area contributed by atoms with E-state index < -0.39 is 0 Å². The average molecular weight is 347 g/mol. The number of anilines is 2. The van der Waals surface area contributed by atoms with Gasteiger partial charge in [-0.2, -0.15) is 10.4 Å². The van der Waals surface area contributed by atoms with E-state index in [-0.39, 0.29) is 0 Å². The fraction of sp³-hybridized carbons (Fsp3) is 0.105. The highest BCUT2D eigenvalue weighted by Crippen LogP contribution is 2.24. The van der Waals surface area contributed by atoms with Gasteiger partial charge in [0.25, 0.3) is 0 Å². The van der Waals surface area contributed by atoms with Crippen LogP contribution in [0.25, 0.3) is 11.3 Å². The summed E-state index contributed by atoms with van der Waals surface area (Å²) in [7, 11) is 3.83. The molecular formula is C19H17N5S. The lowest BCUT2D eigenvalue weighted by molar-refractivity contribution is 1.12. The smallest absolute Gasteiger partial charge is 0.203 e. The summed E-state index contributed by atoms with van der Waals surface area (Å²) in [6, 6.07) is 17.9. The largest absolute Gasteiger partial charge is 0.377 e. The van der Waals surface area contributed by atoms with Crippen LogP contribution in [0.2, 0.25) is 0 Å². The van der Waals surface area contributed by atoms with Crippen molar-refractivity contribution in [2.24, 2.45) is 5.10 Å². The van der Waals surface area contributed by atoms with E-state index in [1.165, 1.54) is 11.3 Å². The number of hydrogen-bond donors (Lipinski definition) is 1. The summed E-state index contributed by atoms with van der Waals surface area (Å²) in [5.74, 6) is 0. The fourth-order valence-electron chi connectivity index (χ4n) is 2.34. The van der Waals surface area contributed by atoms with Gasteiger partial charge in [0, 0.05) is 25.0 Å². The van der Waals surface area contributed by atoms with Crippen LogP contribution in [-0.4, -0.2) is 25.3 Å². The first-order chi connectivity index (χ1) is 12.2. The molecule has 0 spiro atoms. The third-order valence-electron chi connectivity index (χ3n) is 3.57. The van der Waals surface area contributed by atoms with Crippen molar-refractivity contribution in [2.75, 3.05) is 24.4 Å². The topological polar surface area (TPSA) is 64.3 Å². The third-order valence-corrected chi connectivity index (χ3v) is 4.32. The Labute approximate surface area is 150 Å². The normalized spacial score (nSPS) is 10.6. The molecule has 1 N–H and O–H groups in total. The number of thiazole rings is 1. The van der Waals surface area contributed by atoms with E-state index in [0.717, 1.165) is 27.6 Å². The molecule has 0 radical (unpaired) electrons. The maximum absolute atomic E-state index is 9.26. The minimum atomic E-state index is 0.620. The van der Waals surface area contributed by atoms with Crippen LogP contribution in [0.15, 0.2) is 59.0 Å². The second-order valence-electron chi connectivity index (χ2n) is 5.56. The van der Waals surface area contributed by atoms with Crippen molar-refractivity contribution < 1.29 is 0 Å². The van der Waals surface area contributed by atoms with Crippen molar-refractivity contribution in [2.45, 2.75) is 0 Å². The Hall–Kier alpha value is -3.17. The summed E-state index contributed by atoms with van der Waals surface area (Å²) >= 11 is 1.50. The number of nitrogens with one attached hydrogen (secondary N) is 1. The Kier molecular flexibility index (Phi) is 5.07. The standard InChI is InChI=1S/C19H17N5S/c1-24(2)18-9-8-14(10-16(18)11-20)12-21-23-19-22-17(13-25-19)15-6-4-3-5-7-15/h3-10,12-13H,1-2H3,(H,22,23). The average Bonchev–Trinajstić information content (AvgIpc) is 3.11. The van der Waals surface area contributed by atoms with E-state index in [4.69, 9.17) is 0 Å². The van der Waals surface area contributed by atoms with Crippen LogP contribution in [0.1, 0.15) is 11.1 Å². The number of nitrogens with zero attached hydrogens (tertiary/aromatic N) is 4. The predicted molar refractivity (Wildman–Crippen MR) is 104 cm³/mol. The van der Waals surface area contributed by atoms with E-state index in [2.05, 4.69) is 21.6 Å². The first kappa shape index (κ1) is 16.7. The monoisotopic (exact) mass is 347 g/mol. The van der Waals surface area contributed by atoms with Gasteiger partial charge in [-0.05, 0) is 17.7 Å². The van der Waals surface area contributed by atoms with Gasteiger partial charge in [-0.3, -0.25) is 5.43 Å².